The normalized spacial score (nSPS) is 11.9. The lowest BCUT2D eigenvalue weighted by molar-refractivity contribution is 0.251. The van der Waals surface area contributed by atoms with Crippen molar-refractivity contribution in [2.75, 3.05) is 11.9 Å². The number of benzene rings is 4. The van der Waals surface area contributed by atoms with Crippen LogP contribution in [0, 0.1) is 0 Å². The van der Waals surface area contributed by atoms with Gasteiger partial charge in [-0.05, 0) is 76.3 Å². The van der Waals surface area contributed by atoms with Crippen molar-refractivity contribution in [3.63, 3.8) is 0 Å². The number of carbonyl (C=O) groups excluding carboxylic acids is 1. The number of anilines is 1. The van der Waals surface area contributed by atoms with Crippen molar-refractivity contribution >= 4 is 23.3 Å². The summed E-state index contributed by atoms with van der Waals surface area (Å²) in [5, 5.41) is 6.45. The molecule has 176 valence electrons. The molecule has 0 unspecified atom stereocenters. The minimum atomic E-state index is -0.262. The Bertz CT molecular complexity index is 1300. The van der Waals surface area contributed by atoms with Gasteiger partial charge in [0.2, 0.25) is 0 Å². The van der Waals surface area contributed by atoms with E-state index in [2.05, 4.69) is 34.9 Å². The highest BCUT2D eigenvalue weighted by molar-refractivity contribution is 6.30. The fourth-order valence-electron chi connectivity index (χ4n) is 3.92. The van der Waals surface area contributed by atoms with Gasteiger partial charge in [-0.15, -0.1) is 0 Å². The lowest BCUT2D eigenvalue weighted by Gasteiger charge is -2.10. The second kappa shape index (κ2) is 10.5. The summed E-state index contributed by atoms with van der Waals surface area (Å²) in [4.78, 5) is 12.3. The Hall–Kier alpha value is -3.96. The standard InChI is InChI=1S/C29H25ClN2O3/c30-25-8-3-21(4-9-25)19-35-27-12-10-26(11-13-27)32-29(33)31-18-20-1-5-22(6-2-20)23-7-14-28-24(17-23)15-16-34-28/h1-14,17H,15-16,18-19H2,(H2,31,32,33). The van der Waals surface area contributed by atoms with Crippen LogP contribution in [0.15, 0.2) is 91.0 Å². The Kier molecular flexibility index (Phi) is 6.87. The van der Waals surface area contributed by atoms with Gasteiger partial charge in [-0.2, -0.15) is 0 Å². The summed E-state index contributed by atoms with van der Waals surface area (Å²) in [6.07, 6.45) is 0.958. The highest BCUT2D eigenvalue weighted by Gasteiger charge is 2.12. The average Bonchev–Trinajstić information content (AvgIpc) is 3.36. The van der Waals surface area contributed by atoms with Gasteiger partial charge in [0.15, 0.2) is 0 Å². The average molecular weight is 485 g/mol. The van der Waals surface area contributed by atoms with E-state index in [4.69, 9.17) is 21.1 Å². The first-order valence-corrected chi connectivity index (χ1v) is 11.9. The number of amides is 2. The number of hydrogen-bond acceptors (Lipinski definition) is 3. The fourth-order valence-corrected chi connectivity index (χ4v) is 4.05. The van der Waals surface area contributed by atoms with Crippen LogP contribution in [0.25, 0.3) is 11.1 Å². The molecule has 5 rings (SSSR count). The summed E-state index contributed by atoms with van der Waals surface area (Å²) in [6.45, 7) is 1.64. The molecule has 1 heterocycles. The number of hydrogen-bond donors (Lipinski definition) is 2. The molecular formula is C29H25ClN2O3. The Morgan fingerprint density at radius 3 is 2.34 bits per heavy atom. The third-order valence-electron chi connectivity index (χ3n) is 5.86. The first-order valence-electron chi connectivity index (χ1n) is 11.5. The van der Waals surface area contributed by atoms with E-state index in [9.17, 15) is 4.79 Å². The van der Waals surface area contributed by atoms with Crippen LogP contribution in [0.1, 0.15) is 16.7 Å². The second-order valence-corrected chi connectivity index (χ2v) is 8.80. The molecule has 4 aromatic carbocycles. The molecule has 0 aliphatic carbocycles. The topological polar surface area (TPSA) is 59.6 Å². The van der Waals surface area contributed by atoms with Gasteiger partial charge >= 0.3 is 6.03 Å². The summed E-state index contributed by atoms with van der Waals surface area (Å²) in [7, 11) is 0. The maximum Gasteiger partial charge on any atom is 0.319 e. The Morgan fingerprint density at radius 1 is 0.857 bits per heavy atom. The zero-order valence-corrected chi connectivity index (χ0v) is 19.8. The molecule has 0 saturated carbocycles. The first kappa shape index (κ1) is 22.8. The number of urea groups is 1. The zero-order valence-electron chi connectivity index (χ0n) is 19.1. The van der Waals surface area contributed by atoms with E-state index in [1.165, 1.54) is 11.1 Å². The molecule has 2 N–H and O–H groups in total. The van der Waals surface area contributed by atoms with Crippen LogP contribution in [0.3, 0.4) is 0 Å². The molecule has 2 amide bonds. The largest absolute Gasteiger partial charge is 0.493 e. The number of ether oxygens (including phenoxy) is 2. The van der Waals surface area contributed by atoms with Crippen LogP contribution in [0.2, 0.25) is 5.02 Å². The molecule has 0 saturated heterocycles. The van der Waals surface area contributed by atoms with E-state index in [1.807, 2.05) is 66.7 Å². The van der Waals surface area contributed by atoms with Gasteiger partial charge in [-0.3, -0.25) is 0 Å². The van der Waals surface area contributed by atoms with Crippen molar-refractivity contribution in [2.45, 2.75) is 19.6 Å². The lowest BCUT2D eigenvalue weighted by Crippen LogP contribution is -2.28. The van der Waals surface area contributed by atoms with Gasteiger partial charge in [0.1, 0.15) is 18.1 Å². The maximum absolute atomic E-state index is 12.3. The quantitative estimate of drug-likeness (QED) is 0.302. The third-order valence-corrected chi connectivity index (χ3v) is 6.11. The van der Waals surface area contributed by atoms with Crippen molar-refractivity contribution in [3.05, 3.63) is 113 Å². The molecule has 1 aliphatic rings. The van der Waals surface area contributed by atoms with E-state index >= 15 is 0 Å². The molecule has 0 aromatic heterocycles. The SMILES string of the molecule is O=C(NCc1ccc(-c2ccc3c(c2)CCO3)cc1)Nc1ccc(OCc2ccc(Cl)cc2)cc1. The Morgan fingerprint density at radius 2 is 1.57 bits per heavy atom. The fraction of sp³-hybridized carbons (Fsp3) is 0.138. The summed E-state index contributed by atoms with van der Waals surface area (Å²) < 4.78 is 11.4. The van der Waals surface area contributed by atoms with Crippen LogP contribution in [-0.2, 0) is 19.6 Å². The molecule has 1 aliphatic heterocycles. The molecular weight excluding hydrogens is 460 g/mol. The van der Waals surface area contributed by atoms with Crippen molar-refractivity contribution in [2.24, 2.45) is 0 Å². The van der Waals surface area contributed by atoms with Gasteiger partial charge in [-0.1, -0.05) is 54.1 Å². The van der Waals surface area contributed by atoms with Gasteiger partial charge < -0.3 is 20.1 Å². The molecule has 6 heteroatoms. The first-order chi connectivity index (χ1) is 17.1. The van der Waals surface area contributed by atoms with Crippen LogP contribution in [0.5, 0.6) is 11.5 Å². The van der Waals surface area contributed by atoms with Gasteiger partial charge in [0.25, 0.3) is 0 Å². The van der Waals surface area contributed by atoms with Crippen molar-refractivity contribution in [3.8, 4) is 22.6 Å². The smallest absolute Gasteiger partial charge is 0.319 e. The molecule has 0 atom stereocenters. The van der Waals surface area contributed by atoms with Gasteiger partial charge in [0.05, 0.1) is 6.61 Å². The lowest BCUT2D eigenvalue weighted by atomic mass is 10.0. The summed E-state index contributed by atoms with van der Waals surface area (Å²) in [5.41, 5.74) is 6.33. The second-order valence-electron chi connectivity index (χ2n) is 8.37. The molecule has 0 bridgehead atoms. The summed E-state index contributed by atoms with van der Waals surface area (Å²) in [5.74, 6) is 1.71. The van der Waals surface area contributed by atoms with E-state index < -0.39 is 0 Å². The van der Waals surface area contributed by atoms with E-state index in [0.717, 1.165) is 41.2 Å². The van der Waals surface area contributed by atoms with Crippen molar-refractivity contribution in [1.82, 2.24) is 5.32 Å². The van der Waals surface area contributed by atoms with Crippen LogP contribution in [-0.4, -0.2) is 12.6 Å². The molecule has 4 aromatic rings. The minimum absolute atomic E-state index is 0.262. The Labute approximate surface area is 209 Å². The number of fused-ring (bicyclic) bond motifs is 1. The van der Waals surface area contributed by atoms with Crippen LogP contribution < -0.4 is 20.1 Å². The number of halogens is 1. The number of carbonyl (C=O) groups is 1. The van der Waals surface area contributed by atoms with E-state index in [1.54, 1.807) is 0 Å². The third kappa shape index (κ3) is 5.94. The number of nitrogens with one attached hydrogen (secondary N) is 2. The number of rotatable bonds is 7. The maximum atomic E-state index is 12.3. The van der Waals surface area contributed by atoms with Gasteiger partial charge in [-0.25, -0.2) is 4.79 Å². The molecule has 0 spiro atoms. The van der Waals surface area contributed by atoms with E-state index in [0.29, 0.717) is 23.9 Å². The predicted molar refractivity (Wildman–Crippen MR) is 139 cm³/mol. The monoisotopic (exact) mass is 484 g/mol. The van der Waals surface area contributed by atoms with Crippen LogP contribution >= 0.6 is 11.6 Å². The molecule has 0 radical (unpaired) electrons. The van der Waals surface area contributed by atoms with E-state index in [-0.39, 0.29) is 6.03 Å². The summed E-state index contributed by atoms with van der Waals surface area (Å²) >= 11 is 5.91. The summed E-state index contributed by atoms with van der Waals surface area (Å²) in [6, 6.07) is 29.1. The predicted octanol–water partition coefficient (Wildman–Crippen LogP) is 6.84. The molecule has 35 heavy (non-hydrogen) atoms. The molecule has 5 nitrogen and oxygen atoms in total. The Balaban J connectivity index is 1.09. The molecule has 0 fully saturated rings. The van der Waals surface area contributed by atoms with Crippen LogP contribution in [0.4, 0.5) is 10.5 Å². The van der Waals surface area contributed by atoms with Crippen molar-refractivity contribution in [1.29, 1.82) is 0 Å². The zero-order chi connectivity index (χ0) is 24.0. The van der Waals surface area contributed by atoms with Gasteiger partial charge in [0, 0.05) is 23.7 Å². The highest BCUT2D eigenvalue weighted by Crippen LogP contribution is 2.30. The minimum Gasteiger partial charge on any atom is -0.493 e. The van der Waals surface area contributed by atoms with Crippen molar-refractivity contribution < 1.29 is 14.3 Å². The highest BCUT2D eigenvalue weighted by atomic mass is 35.5.